The summed E-state index contributed by atoms with van der Waals surface area (Å²) in [6, 6.07) is 7.57. The van der Waals surface area contributed by atoms with Crippen LogP contribution in [0, 0.1) is 0 Å². The maximum absolute atomic E-state index is 11.9. The lowest BCUT2D eigenvalue weighted by molar-refractivity contribution is 0.0276. The monoisotopic (exact) mass is 305 g/mol. The van der Waals surface area contributed by atoms with Gasteiger partial charge >= 0.3 is 0 Å². The number of benzene rings is 1. The van der Waals surface area contributed by atoms with Crippen molar-refractivity contribution in [3.05, 3.63) is 46.9 Å². The number of nitrogens with zero attached hydrogens (tertiary/aromatic N) is 1. The van der Waals surface area contributed by atoms with E-state index in [1.54, 1.807) is 32.0 Å². The zero-order valence-electron chi connectivity index (χ0n) is 12.7. The Balaban J connectivity index is 2.34. The molecule has 0 aliphatic rings. The van der Waals surface area contributed by atoms with E-state index in [-0.39, 0.29) is 17.9 Å². The van der Waals surface area contributed by atoms with Crippen molar-refractivity contribution < 1.29 is 19.7 Å². The normalized spacial score (nSPS) is 11.3. The first-order valence-electron chi connectivity index (χ1n) is 6.75. The molecule has 0 aliphatic heterocycles. The summed E-state index contributed by atoms with van der Waals surface area (Å²) in [7, 11) is 1.50. The van der Waals surface area contributed by atoms with E-state index in [4.69, 9.17) is 9.47 Å². The van der Waals surface area contributed by atoms with E-state index in [0.717, 1.165) is 6.07 Å². The van der Waals surface area contributed by atoms with Crippen LogP contribution in [0.3, 0.4) is 0 Å². The van der Waals surface area contributed by atoms with Crippen LogP contribution < -0.4 is 15.0 Å². The Bertz CT molecular complexity index is 715. The van der Waals surface area contributed by atoms with Crippen molar-refractivity contribution in [2.75, 3.05) is 13.7 Å². The van der Waals surface area contributed by atoms with Gasteiger partial charge in [0.05, 0.1) is 18.4 Å². The Morgan fingerprint density at radius 1 is 1.18 bits per heavy atom. The molecule has 1 aromatic heterocycles. The van der Waals surface area contributed by atoms with Crippen LogP contribution in [0.4, 0.5) is 0 Å². The molecule has 0 saturated carbocycles. The maximum atomic E-state index is 11.9. The lowest BCUT2D eigenvalue weighted by Crippen LogP contribution is -2.28. The molecule has 6 nitrogen and oxygen atoms in total. The van der Waals surface area contributed by atoms with Gasteiger partial charge in [-0.3, -0.25) is 9.36 Å². The van der Waals surface area contributed by atoms with Crippen molar-refractivity contribution in [1.82, 2.24) is 4.57 Å². The predicted molar refractivity (Wildman–Crippen MR) is 82.0 cm³/mol. The van der Waals surface area contributed by atoms with Crippen molar-refractivity contribution in [2.45, 2.75) is 19.4 Å². The minimum atomic E-state index is -0.961. The molecule has 1 aromatic carbocycles. The minimum Gasteiger partial charge on any atom is -0.508 e. The second-order valence-corrected chi connectivity index (χ2v) is 5.53. The van der Waals surface area contributed by atoms with Crippen LogP contribution in [-0.4, -0.2) is 34.1 Å². The first-order chi connectivity index (χ1) is 10.3. The van der Waals surface area contributed by atoms with Gasteiger partial charge in [0.1, 0.15) is 12.4 Å². The Morgan fingerprint density at radius 2 is 1.91 bits per heavy atom. The molecule has 0 amide bonds. The molecule has 0 bridgehead atoms. The van der Waals surface area contributed by atoms with Crippen molar-refractivity contribution in [3.63, 3.8) is 0 Å². The quantitative estimate of drug-likeness (QED) is 0.879. The topological polar surface area (TPSA) is 80.9 Å². The summed E-state index contributed by atoms with van der Waals surface area (Å²) in [5.74, 6) is 0.834. The van der Waals surface area contributed by atoms with E-state index in [9.17, 15) is 15.0 Å². The average Bonchev–Trinajstić information content (AvgIpc) is 2.44. The summed E-state index contributed by atoms with van der Waals surface area (Å²) in [5, 5.41) is 19.0. The van der Waals surface area contributed by atoms with Gasteiger partial charge in [0.25, 0.3) is 5.56 Å². The highest BCUT2D eigenvalue weighted by Gasteiger charge is 2.15. The Labute approximate surface area is 128 Å². The molecule has 1 heterocycles. The molecular formula is C16H19NO5. The number of ether oxygens (including phenoxy) is 2. The van der Waals surface area contributed by atoms with Crippen molar-refractivity contribution in [2.24, 2.45) is 0 Å². The number of aromatic nitrogens is 1. The van der Waals surface area contributed by atoms with E-state index in [2.05, 4.69) is 0 Å². The molecule has 118 valence electrons. The van der Waals surface area contributed by atoms with Crippen LogP contribution in [0.25, 0.3) is 5.69 Å². The Hall–Kier alpha value is -2.47. The second kappa shape index (κ2) is 6.11. The van der Waals surface area contributed by atoms with E-state index < -0.39 is 5.60 Å². The molecule has 2 rings (SSSR count). The fraction of sp³-hybridized carbons (Fsp3) is 0.312. The molecule has 0 spiro atoms. The lowest BCUT2D eigenvalue weighted by atomic mass is 10.2. The fourth-order valence-corrected chi connectivity index (χ4v) is 1.86. The largest absolute Gasteiger partial charge is 0.508 e. The van der Waals surface area contributed by atoms with Crippen LogP contribution in [-0.2, 0) is 0 Å². The number of pyridine rings is 1. The maximum Gasteiger partial charge on any atom is 0.258 e. The van der Waals surface area contributed by atoms with Crippen LogP contribution in [0.2, 0.25) is 0 Å². The van der Waals surface area contributed by atoms with Crippen LogP contribution in [0.15, 0.2) is 41.3 Å². The molecule has 2 aromatic rings. The van der Waals surface area contributed by atoms with Crippen molar-refractivity contribution in [3.8, 4) is 22.9 Å². The van der Waals surface area contributed by atoms with Gasteiger partial charge < -0.3 is 19.7 Å². The summed E-state index contributed by atoms with van der Waals surface area (Å²) in [6.07, 6.45) is 1.48. The second-order valence-electron chi connectivity index (χ2n) is 5.53. The molecule has 2 N–H and O–H groups in total. The van der Waals surface area contributed by atoms with Gasteiger partial charge in [0.15, 0.2) is 11.5 Å². The highest BCUT2D eigenvalue weighted by molar-refractivity contribution is 5.49. The number of hydrogen-bond acceptors (Lipinski definition) is 5. The molecule has 22 heavy (non-hydrogen) atoms. The predicted octanol–water partition coefficient (Wildman–Crippen LogP) is 1.70. The summed E-state index contributed by atoms with van der Waals surface area (Å²) in [6.45, 7) is 3.40. The van der Waals surface area contributed by atoms with E-state index >= 15 is 0 Å². The summed E-state index contributed by atoms with van der Waals surface area (Å²) < 4.78 is 12.2. The van der Waals surface area contributed by atoms with Gasteiger partial charge in [-0.1, -0.05) is 0 Å². The van der Waals surface area contributed by atoms with Gasteiger partial charge in [0, 0.05) is 18.3 Å². The standard InChI is InChI=1S/C16H19NO5/c1-16(2,20)10-22-13-5-4-11(8-14(13)21-3)17-7-6-12(18)9-15(17)19/h4-9,18,20H,10H2,1-3H3. The highest BCUT2D eigenvalue weighted by Crippen LogP contribution is 2.29. The third-order valence-corrected chi connectivity index (χ3v) is 2.91. The molecule has 0 saturated heterocycles. The minimum absolute atomic E-state index is 0.0849. The summed E-state index contributed by atoms with van der Waals surface area (Å²) in [4.78, 5) is 11.9. The zero-order chi connectivity index (χ0) is 16.3. The van der Waals surface area contributed by atoms with E-state index in [0.29, 0.717) is 17.2 Å². The molecule has 0 radical (unpaired) electrons. The van der Waals surface area contributed by atoms with Gasteiger partial charge in [-0.15, -0.1) is 0 Å². The average molecular weight is 305 g/mol. The van der Waals surface area contributed by atoms with E-state index in [1.807, 2.05) is 0 Å². The molecule has 0 aliphatic carbocycles. The molecular weight excluding hydrogens is 286 g/mol. The number of methoxy groups -OCH3 is 1. The van der Waals surface area contributed by atoms with E-state index in [1.165, 1.54) is 23.9 Å². The zero-order valence-corrected chi connectivity index (χ0v) is 12.7. The third kappa shape index (κ3) is 3.79. The smallest absolute Gasteiger partial charge is 0.258 e. The number of hydrogen-bond donors (Lipinski definition) is 2. The number of rotatable bonds is 5. The van der Waals surface area contributed by atoms with Gasteiger partial charge in [-0.2, -0.15) is 0 Å². The van der Waals surface area contributed by atoms with Gasteiger partial charge in [-0.05, 0) is 32.0 Å². The fourth-order valence-electron chi connectivity index (χ4n) is 1.86. The highest BCUT2D eigenvalue weighted by atomic mass is 16.5. The third-order valence-electron chi connectivity index (χ3n) is 2.91. The molecule has 0 fully saturated rings. The Kier molecular flexibility index (Phi) is 4.42. The molecule has 6 heteroatoms. The number of aliphatic hydroxyl groups is 1. The summed E-state index contributed by atoms with van der Waals surface area (Å²) in [5.41, 5.74) is -0.734. The van der Waals surface area contributed by atoms with Crippen LogP contribution in [0.5, 0.6) is 17.2 Å². The number of aromatic hydroxyl groups is 1. The lowest BCUT2D eigenvalue weighted by Gasteiger charge is -2.19. The van der Waals surface area contributed by atoms with Gasteiger partial charge in [-0.25, -0.2) is 0 Å². The van der Waals surface area contributed by atoms with Gasteiger partial charge in [0.2, 0.25) is 0 Å². The molecule has 0 atom stereocenters. The van der Waals surface area contributed by atoms with Crippen LogP contribution >= 0.6 is 0 Å². The first kappa shape index (κ1) is 15.9. The van der Waals surface area contributed by atoms with Crippen molar-refractivity contribution >= 4 is 0 Å². The molecule has 0 unspecified atom stereocenters. The Morgan fingerprint density at radius 3 is 2.50 bits per heavy atom. The first-order valence-corrected chi connectivity index (χ1v) is 6.75. The van der Waals surface area contributed by atoms with Crippen molar-refractivity contribution in [1.29, 1.82) is 0 Å². The van der Waals surface area contributed by atoms with Crippen LogP contribution in [0.1, 0.15) is 13.8 Å². The summed E-state index contributed by atoms with van der Waals surface area (Å²) >= 11 is 0. The SMILES string of the molecule is COc1cc(-n2ccc(O)cc2=O)ccc1OCC(C)(C)O.